The number of benzene rings is 1. The van der Waals surface area contributed by atoms with Crippen LogP contribution in [0.1, 0.15) is 20.3 Å². The van der Waals surface area contributed by atoms with Gasteiger partial charge < -0.3 is 11.1 Å². The Balaban J connectivity index is 2.71. The molecule has 134 valence electrons. The Kier molecular flexibility index (Phi) is 7.47. The molecule has 0 aliphatic carbocycles. The standard InChI is InChI=1S/C14H19Cl2N3O4S/c1-8(2)5-12(14(17)21)19-13(20)7-18-24(22,23)9-3-4-10(15)11(16)6-9/h3-4,6,8,12,18H,5,7H2,1-2H3,(H2,17,21)(H,19,20). The van der Waals surface area contributed by atoms with Gasteiger partial charge in [-0.15, -0.1) is 0 Å². The highest BCUT2D eigenvalue weighted by Crippen LogP contribution is 2.24. The van der Waals surface area contributed by atoms with E-state index in [0.29, 0.717) is 6.42 Å². The lowest BCUT2D eigenvalue weighted by Gasteiger charge is -2.17. The molecule has 2 amide bonds. The summed E-state index contributed by atoms with van der Waals surface area (Å²) in [7, 11) is -3.94. The summed E-state index contributed by atoms with van der Waals surface area (Å²) in [5.74, 6) is -1.21. The third-order valence-corrected chi connectivity index (χ3v) is 5.15. The Morgan fingerprint density at radius 1 is 1.21 bits per heavy atom. The van der Waals surface area contributed by atoms with Gasteiger partial charge in [-0.1, -0.05) is 37.0 Å². The van der Waals surface area contributed by atoms with Gasteiger partial charge in [-0.3, -0.25) is 9.59 Å². The maximum absolute atomic E-state index is 12.1. The summed E-state index contributed by atoms with van der Waals surface area (Å²) in [6, 6.07) is 2.92. The number of carbonyl (C=O) groups is 2. The van der Waals surface area contributed by atoms with Gasteiger partial charge in [0, 0.05) is 0 Å². The molecule has 4 N–H and O–H groups in total. The van der Waals surface area contributed by atoms with Crippen LogP contribution in [0.15, 0.2) is 23.1 Å². The Bertz CT molecular complexity index is 723. The van der Waals surface area contributed by atoms with Crippen LogP contribution in [0.25, 0.3) is 0 Å². The number of nitrogens with one attached hydrogen (secondary N) is 2. The molecule has 24 heavy (non-hydrogen) atoms. The number of sulfonamides is 1. The van der Waals surface area contributed by atoms with Gasteiger partial charge in [-0.05, 0) is 30.5 Å². The zero-order valence-corrected chi connectivity index (χ0v) is 15.5. The van der Waals surface area contributed by atoms with Crippen molar-refractivity contribution in [3.05, 3.63) is 28.2 Å². The molecule has 0 aromatic heterocycles. The number of rotatable bonds is 8. The molecule has 1 atom stereocenters. The fraction of sp³-hybridized carbons (Fsp3) is 0.429. The van der Waals surface area contributed by atoms with Crippen molar-refractivity contribution in [1.29, 1.82) is 0 Å². The summed E-state index contributed by atoms with van der Waals surface area (Å²) in [5.41, 5.74) is 5.22. The minimum atomic E-state index is -3.94. The third-order valence-electron chi connectivity index (χ3n) is 3.01. The normalized spacial score (nSPS) is 12.9. The van der Waals surface area contributed by atoms with Crippen LogP contribution in [0, 0.1) is 5.92 Å². The van der Waals surface area contributed by atoms with Crippen LogP contribution in [-0.2, 0) is 19.6 Å². The zero-order chi connectivity index (χ0) is 18.5. The average molecular weight is 396 g/mol. The Morgan fingerprint density at radius 2 is 1.83 bits per heavy atom. The Morgan fingerprint density at radius 3 is 2.33 bits per heavy atom. The van der Waals surface area contributed by atoms with Gasteiger partial charge in [-0.25, -0.2) is 13.1 Å². The monoisotopic (exact) mass is 395 g/mol. The second-order valence-electron chi connectivity index (χ2n) is 5.55. The lowest BCUT2D eigenvalue weighted by Crippen LogP contribution is -2.48. The molecule has 10 heteroatoms. The molecule has 0 saturated carbocycles. The molecule has 0 saturated heterocycles. The summed E-state index contributed by atoms with van der Waals surface area (Å²) in [6.07, 6.45) is 0.362. The molecule has 0 aliphatic heterocycles. The summed E-state index contributed by atoms with van der Waals surface area (Å²) in [4.78, 5) is 23.0. The van der Waals surface area contributed by atoms with Crippen molar-refractivity contribution >= 4 is 45.0 Å². The van der Waals surface area contributed by atoms with Crippen LogP contribution in [0.3, 0.4) is 0 Å². The maximum Gasteiger partial charge on any atom is 0.241 e. The van der Waals surface area contributed by atoms with E-state index in [2.05, 4.69) is 10.0 Å². The van der Waals surface area contributed by atoms with Gasteiger partial charge in [0.05, 0.1) is 21.5 Å². The smallest absolute Gasteiger partial charge is 0.241 e. The van der Waals surface area contributed by atoms with Crippen molar-refractivity contribution in [2.45, 2.75) is 31.2 Å². The van der Waals surface area contributed by atoms with Gasteiger partial charge >= 0.3 is 0 Å². The molecule has 1 aromatic carbocycles. The molecule has 0 radical (unpaired) electrons. The SMILES string of the molecule is CC(C)CC(NC(=O)CNS(=O)(=O)c1ccc(Cl)c(Cl)c1)C(N)=O. The molecular formula is C14H19Cl2N3O4S. The fourth-order valence-electron chi connectivity index (χ4n) is 1.85. The summed E-state index contributed by atoms with van der Waals surface area (Å²) >= 11 is 11.5. The summed E-state index contributed by atoms with van der Waals surface area (Å²) in [5, 5.41) is 2.70. The van der Waals surface area contributed by atoms with Gasteiger partial charge in [-0.2, -0.15) is 0 Å². The summed E-state index contributed by atoms with van der Waals surface area (Å²) < 4.78 is 26.4. The molecule has 0 heterocycles. The predicted molar refractivity (Wildman–Crippen MR) is 92.2 cm³/mol. The van der Waals surface area contributed by atoms with Crippen LogP contribution in [-0.4, -0.2) is 32.8 Å². The first-order valence-corrected chi connectivity index (χ1v) is 9.30. The van der Waals surface area contributed by atoms with E-state index in [-0.39, 0.29) is 20.9 Å². The molecular weight excluding hydrogens is 377 g/mol. The van der Waals surface area contributed by atoms with Crippen molar-refractivity contribution in [3.8, 4) is 0 Å². The summed E-state index contributed by atoms with van der Waals surface area (Å²) in [6.45, 7) is 3.20. The van der Waals surface area contributed by atoms with E-state index in [9.17, 15) is 18.0 Å². The van der Waals surface area contributed by atoms with Gasteiger partial charge in [0.15, 0.2) is 0 Å². The largest absolute Gasteiger partial charge is 0.368 e. The van der Waals surface area contributed by atoms with Crippen LogP contribution < -0.4 is 15.8 Å². The van der Waals surface area contributed by atoms with Crippen molar-refractivity contribution in [2.75, 3.05) is 6.54 Å². The number of hydrogen-bond acceptors (Lipinski definition) is 4. The molecule has 1 unspecified atom stereocenters. The minimum absolute atomic E-state index is 0.0784. The van der Waals surface area contributed by atoms with Gasteiger partial charge in [0.1, 0.15) is 6.04 Å². The van der Waals surface area contributed by atoms with Crippen LogP contribution in [0.2, 0.25) is 10.0 Å². The van der Waals surface area contributed by atoms with E-state index in [0.717, 1.165) is 0 Å². The molecule has 0 bridgehead atoms. The van der Waals surface area contributed by atoms with Gasteiger partial charge in [0.25, 0.3) is 0 Å². The minimum Gasteiger partial charge on any atom is -0.368 e. The third kappa shape index (κ3) is 6.27. The molecule has 0 spiro atoms. The molecule has 1 aromatic rings. The van der Waals surface area contributed by atoms with E-state index in [1.165, 1.54) is 18.2 Å². The number of halogens is 2. The zero-order valence-electron chi connectivity index (χ0n) is 13.2. The predicted octanol–water partition coefficient (Wildman–Crippen LogP) is 1.29. The van der Waals surface area contributed by atoms with Crippen molar-refractivity contribution in [2.24, 2.45) is 11.7 Å². The first-order chi connectivity index (χ1) is 11.0. The lowest BCUT2D eigenvalue weighted by atomic mass is 10.0. The van der Waals surface area contributed by atoms with Crippen LogP contribution >= 0.6 is 23.2 Å². The second-order valence-corrected chi connectivity index (χ2v) is 8.13. The average Bonchev–Trinajstić information content (AvgIpc) is 2.46. The molecule has 7 nitrogen and oxygen atoms in total. The highest BCUT2D eigenvalue weighted by atomic mass is 35.5. The molecule has 0 fully saturated rings. The first-order valence-electron chi connectivity index (χ1n) is 7.06. The quantitative estimate of drug-likeness (QED) is 0.614. The molecule has 0 aliphatic rings. The highest BCUT2D eigenvalue weighted by molar-refractivity contribution is 7.89. The van der Waals surface area contributed by atoms with Crippen molar-refractivity contribution in [3.63, 3.8) is 0 Å². The number of carbonyl (C=O) groups excluding carboxylic acids is 2. The number of primary amides is 1. The number of hydrogen-bond donors (Lipinski definition) is 3. The van der Waals surface area contributed by atoms with E-state index in [4.69, 9.17) is 28.9 Å². The van der Waals surface area contributed by atoms with Crippen molar-refractivity contribution in [1.82, 2.24) is 10.0 Å². The Hall–Kier alpha value is -1.35. The highest BCUT2D eigenvalue weighted by Gasteiger charge is 2.21. The van der Waals surface area contributed by atoms with Crippen LogP contribution in [0.5, 0.6) is 0 Å². The van der Waals surface area contributed by atoms with Crippen molar-refractivity contribution < 1.29 is 18.0 Å². The fourth-order valence-corrected chi connectivity index (χ4v) is 3.22. The van der Waals surface area contributed by atoms with Crippen LogP contribution in [0.4, 0.5) is 0 Å². The molecule has 1 rings (SSSR count). The van der Waals surface area contributed by atoms with E-state index < -0.39 is 34.4 Å². The number of nitrogens with two attached hydrogens (primary N) is 1. The first kappa shape index (κ1) is 20.7. The lowest BCUT2D eigenvalue weighted by molar-refractivity contribution is -0.127. The topological polar surface area (TPSA) is 118 Å². The Labute approximate surface area is 150 Å². The number of amides is 2. The van der Waals surface area contributed by atoms with E-state index in [1.54, 1.807) is 0 Å². The van der Waals surface area contributed by atoms with E-state index >= 15 is 0 Å². The van der Waals surface area contributed by atoms with E-state index in [1.807, 2.05) is 13.8 Å². The maximum atomic E-state index is 12.1. The second kappa shape index (κ2) is 8.66. The van der Waals surface area contributed by atoms with Gasteiger partial charge in [0.2, 0.25) is 21.8 Å².